The highest BCUT2D eigenvalue weighted by Gasteiger charge is 2.16. The van der Waals surface area contributed by atoms with Gasteiger partial charge in [-0.05, 0) is 24.6 Å². The van der Waals surface area contributed by atoms with Crippen LogP contribution in [0, 0.1) is 18.6 Å². The lowest BCUT2D eigenvalue weighted by Crippen LogP contribution is -2.17. The van der Waals surface area contributed by atoms with Crippen LogP contribution in [0.2, 0.25) is 0 Å². The molecule has 0 aliphatic rings. The summed E-state index contributed by atoms with van der Waals surface area (Å²) in [6.07, 6.45) is 0. The van der Waals surface area contributed by atoms with Crippen LogP contribution in [-0.2, 0) is 0 Å². The number of anilines is 1. The Labute approximate surface area is 110 Å². The van der Waals surface area contributed by atoms with Gasteiger partial charge in [0.05, 0.1) is 12.6 Å². The number of hydrogen-bond acceptors (Lipinski definition) is 2. The van der Waals surface area contributed by atoms with Gasteiger partial charge in [-0.1, -0.05) is 24.3 Å². The third-order valence-corrected chi connectivity index (χ3v) is 3.00. The third kappa shape index (κ3) is 3.09. The topological polar surface area (TPSA) is 32.3 Å². The van der Waals surface area contributed by atoms with Crippen LogP contribution in [0.15, 0.2) is 42.5 Å². The van der Waals surface area contributed by atoms with Crippen molar-refractivity contribution in [3.63, 3.8) is 0 Å². The van der Waals surface area contributed by atoms with Crippen molar-refractivity contribution in [1.29, 1.82) is 0 Å². The predicted molar refractivity (Wildman–Crippen MR) is 71.0 cm³/mol. The Morgan fingerprint density at radius 2 is 1.89 bits per heavy atom. The van der Waals surface area contributed by atoms with E-state index < -0.39 is 17.7 Å². The zero-order valence-electron chi connectivity index (χ0n) is 10.5. The van der Waals surface area contributed by atoms with Gasteiger partial charge in [-0.3, -0.25) is 0 Å². The summed E-state index contributed by atoms with van der Waals surface area (Å²) in [4.78, 5) is 0. The fourth-order valence-corrected chi connectivity index (χ4v) is 1.93. The van der Waals surface area contributed by atoms with E-state index in [1.54, 1.807) is 0 Å². The largest absolute Gasteiger partial charge is 0.394 e. The maximum atomic E-state index is 13.7. The molecule has 0 heterocycles. The third-order valence-electron chi connectivity index (χ3n) is 3.00. The molecule has 1 unspecified atom stereocenters. The summed E-state index contributed by atoms with van der Waals surface area (Å²) < 4.78 is 26.6. The van der Waals surface area contributed by atoms with Gasteiger partial charge in [0.1, 0.15) is 11.6 Å². The van der Waals surface area contributed by atoms with Crippen LogP contribution in [0.3, 0.4) is 0 Å². The van der Waals surface area contributed by atoms with Crippen molar-refractivity contribution in [2.24, 2.45) is 0 Å². The Bertz CT molecular complexity index is 572. The number of nitrogens with one attached hydrogen (secondary N) is 1. The van der Waals surface area contributed by atoms with Crippen molar-refractivity contribution in [1.82, 2.24) is 0 Å². The lowest BCUT2D eigenvalue weighted by Gasteiger charge is -2.20. The van der Waals surface area contributed by atoms with Gasteiger partial charge in [0.25, 0.3) is 0 Å². The molecule has 100 valence electrons. The smallest absolute Gasteiger partial charge is 0.131 e. The van der Waals surface area contributed by atoms with E-state index in [1.165, 1.54) is 12.1 Å². The van der Waals surface area contributed by atoms with Crippen molar-refractivity contribution < 1.29 is 13.9 Å². The predicted octanol–water partition coefficient (Wildman–Crippen LogP) is 3.42. The second-order valence-corrected chi connectivity index (χ2v) is 4.36. The van der Waals surface area contributed by atoms with Crippen LogP contribution in [-0.4, -0.2) is 11.7 Å². The minimum Gasteiger partial charge on any atom is -0.394 e. The molecular formula is C15H15F2NO. The highest BCUT2D eigenvalue weighted by Crippen LogP contribution is 2.24. The molecule has 0 aromatic heterocycles. The summed E-state index contributed by atoms with van der Waals surface area (Å²) >= 11 is 0. The number of halogens is 2. The molecular weight excluding hydrogens is 248 g/mol. The van der Waals surface area contributed by atoms with Crippen LogP contribution in [0.4, 0.5) is 14.5 Å². The van der Waals surface area contributed by atoms with E-state index in [0.29, 0.717) is 0 Å². The van der Waals surface area contributed by atoms with Crippen LogP contribution in [0.25, 0.3) is 0 Å². The molecule has 0 aliphatic carbocycles. The molecule has 4 heteroatoms. The van der Waals surface area contributed by atoms with Gasteiger partial charge in [-0.15, -0.1) is 0 Å². The molecule has 0 saturated heterocycles. The molecule has 2 aromatic rings. The fourth-order valence-electron chi connectivity index (χ4n) is 1.93. The number of aliphatic hydroxyl groups is 1. The highest BCUT2D eigenvalue weighted by molar-refractivity contribution is 5.52. The number of aryl methyl sites for hydroxylation is 1. The molecule has 2 N–H and O–H groups in total. The first-order valence-electron chi connectivity index (χ1n) is 6.00. The Balaban J connectivity index is 2.28. The van der Waals surface area contributed by atoms with Gasteiger partial charge < -0.3 is 10.4 Å². The Kier molecular flexibility index (Phi) is 4.12. The van der Waals surface area contributed by atoms with Crippen molar-refractivity contribution in [2.75, 3.05) is 11.9 Å². The minimum absolute atomic E-state index is 0.243. The van der Waals surface area contributed by atoms with Crippen LogP contribution in [0.1, 0.15) is 17.2 Å². The Hall–Kier alpha value is -1.94. The molecule has 0 amide bonds. The van der Waals surface area contributed by atoms with E-state index in [4.69, 9.17) is 0 Å². The molecule has 0 fully saturated rings. The normalized spacial score (nSPS) is 12.2. The zero-order chi connectivity index (χ0) is 13.8. The second-order valence-electron chi connectivity index (χ2n) is 4.36. The number of aliphatic hydroxyl groups excluding tert-OH is 1. The summed E-state index contributed by atoms with van der Waals surface area (Å²) in [6.45, 7) is 1.63. The summed E-state index contributed by atoms with van der Waals surface area (Å²) in [5, 5.41) is 12.5. The average Bonchev–Trinajstić information content (AvgIpc) is 2.39. The van der Waals surface area contributed by atoms with E-state index in [0.717, 1.165) is 17.3 Å². The summed E-state index contributed by atoms with van der Waals surface area (Å²) in [5.41, 5.74) is 2.04. The van der Waals surface area contributed by atoms with E-state index in [-0.39, 0.29) is 12.2 Å². The van der Waals surface area contributed by atoms with Gasteiger partial charge in [0.15, 0.2) is 0 Å². The molecule has 2 aromatic carbocycles. The number of benzene rings is 2. The number of para-hydroxylation sites is 1. The van der Waals surface area contributed by atoms with E-state index in [9.17, 15) is 13.9 Å². The Morgan fingerprint density at radius 1 is 1.16 bits per heavy atom. The Morgan fingerprint density at radius 3 is 2.53 bits per heavy atom. The number of rotatable bonds is 4. The monoisotopic (exact) mass is 263 g/mol. The zero-order valence-corrected chi connectivity index (χ0v) is 10.5. The number of hydrogen-bond donors (Lipinski definition) is 2. The summed E-state index contributed by atoms with van der Waals surface area (Å²) in [5.74, 6) is -1.30. The molecule has 0 saturated carbocycles. The quantitative estimate of drug-likeness (QED) is 0.886. The molecule has 0 spiro atoms. The molecule has 1 atom stereocenters. The fraction of sp³-hybridized carbons (Fsp3) is 0.200. The van der Waals surface area contributed by atoms with Gasteiger partial charge >= 0.3 is 0 Å². The maximum absolute atomic E-state index is 13.7. The van der Waals surface area contributed by atoms with Crippen molar-refractivity contribution in [3.8, 4) is 0 Å². The first kappa shape index (κ1) is 13.5. The first-order valence-corrected chi connectivity index (χ1v) is 6.00. The first-order chi connectivity index (χ1) is 9.11. The van der Waals surface area contributed by atoms with Gasteiger partial charge in [-0.25, -0.2) is 8.78 Å². The lowest BCUT2D eigenvalue weighted by atomic mass is 10.1. The van der Waals surface area contributed by atoms with Gasteiger partial charge in [0.2, 0.25) is 0 Å². The van der Waals surface area contributed by atoms with Gasteiger partial charge in [-0.2, -0.15) is 0 Å². The standard InChI is InChI=1S/C15H15F2NO/c1-10-4-2-3-5-14(10)18-15(9-19)12-7-6-11(16)8-13(12)17/h2-8,15,18-19H,9H2,1H3. The van der Waals surface area contributed by atoms with E-state index >= 15 is 0 Å². The van der Waals surface area contributed by atoms with Crippen molar-refractivity contribution in [3.05, 3.63) is 65.2 Å². The van der Waals surface area contributed by atoms with Crippen LogP contribution >= 0.6 is 0 Å². The summed E-state index contributed by atoms with van der Waals surface area (Å²) in [6, 6.07) is 10.2. The average molecular weight is 263 g/mol. The van der Waals surface area contributed by atoms with Gasteiger partial charge in [0, 0.05) is 17.3 Å². The highest BCUT2D eigenvalue weighted by atomic mass is 19.1. The molecule has 2 rings (SSSR count). The SMILES string of the molecule is Cc1ccccc1NC(CO)c1ccc(F)cc1F. The van der Waals surface area contributed by atoms with Crippen molar-refractivity contribution >= 4 is 5.69 Å². The molecule has 0 aliphatic heterocycles. The van der Waals surface area contributed by atoms with E-state index in [1.807, 2.05) is 31.2 Å². The van der Waals surface area contributed by atoms with Crippen LogP contribution < -0.4 is 5.32 Å². The molecule has 2 nitrogen and oxygen atoms in total. The minimum atomic E-state index is -0.667. The van der Waals surface area contributed by atoms with E-state index in [2.05, 4.69) is 5.32 Å². The molecule has 19 heavy (non-hydrogen) atoms. The summed E-state index contributed by atoms with van der Waals surface area (Å²) in [7, 11) is 0. The maximum Gasteiger partial charge on any atom is 0.131 e. The molecule has 0 bridgehead atoms. The molecule has 0 radical (unpaired) electrons. The second kappa shape index (κ2) is 5.80. The van der Waals surface area contributed by atoms with Crippen LogP contribution in [0.5, 0.6) is 0 Å². The van der Waals surface area contributed by atoms with Crippen molar-refractivity contribution in [2.45, 2.75) is 13.0 Å². The lowest BCUT2D eigenvalue weighted by molar-refractivity contribution is 0.273.